The van der Waals surface area contributed by atoms with Crippen LogP contribution in [0.4, 0.5) is 17.1 Å². The van der Waals surface area contributed by atoms with E-state index in [9.17, 15) is 9.59 Å². The minimum atomic E-state index is -0.623. The molecule has 0 bridgehead atoms. The minimum absolute atomic E-state index is 0.0811. The molecular formula is C27H29N3O3. The lowest BCUT2D eigenvalue weighted by Crippen LogP contribution is -2.28. The van der Waals surface area contributed by atoms with Gasteiger partial charge in [0.2, 0.25) is 5.91 Å². The van der Waals surface area contributed by atoms with Crippen molar-refractivity contribution in [1.29, 1.82) is 0 Å². The molecule has 6 nitrogen and oxygen atoms in total. The number of ether oxygens (including phenoxy) is 1. The Morgan fingerprint density at radius 1 is 0.970 bits per heavy atom. The SMILES string of the molecule is COc1ccc(NC(C(=O)Nc2cc(C)cc(C)c2)c2ccccc2)cc1N1CCCC1=O. The Morgan fingerprint density at radius 3 is 2.33 bits per heavy atom. The fraction of sp³-hybridized carbons (Fsp3) is 0.259. The van der Waals surface area contributed by atoms with E-state index in [2.05, 4.69) is 16.7 Å². The summed E-state index contributed by atoms with van der Waals surface area (Å²) in [7, 11) is 1.59. The summed E-state index contributed by atoms with van der Waals surface area (Å²) in [6, 6.07) is 20.5. The smallest absolute Gasteiger partial charge is 0.251 e. The van der Waals surface area contributed by atoms with Gasteiger partial charge < -0.3 is 20.3 Å². The van der Waals surface area contributed by atoms with Gasteiger partial charge in [-0.1, -0.05) is 36.4 Å². The van der Waals surface area contributed by atoms with Crippen LogP contribution < -0.4 is 20.3 Å². The van der Waals surface area contributed by atoms with Crippen LogP contribution in [0.2, 0.25) is 0 Å². The Bertz CT molecular complexity index is 1140. The van der Waals surface area contributed by atoms with Crippen LogP contribution in [0, 0.1) is 13.8 Å². The van der Waals surface area contributed by atoms with E-state index >= 15 is 0 Å². The second-order valence-electron chi connectivity index (χ2n) is 8.39. The summed E-state index contributed by atoms with van der Waals surface area (Å²) >= 11 is 0. The molecule has 4 rings (SSSR count). The van der Waals surface area contributed by atoms with Gasteiger partial charge in [-0.2, -0.15) is 0 Å². The Balaban J connectivity index is 1.65. The largest absolute Gasteiger partial charge is 0.495 e. The van der Waals surface area contributed by atoms with Gasteiger partial charge in [0.25, 0.3) is 5.91 Å². The summed E-state index contributed by atoms with van der Waals surface area (Å²) < 4.78 is 5.50. The summed E-state index contributed by atoms with van der Waals surface area (Å²) in [4.78, 5) is 27.5. The number of hydrogen-bond acceptors (Lipinski definition) is 4. The maximum Gasteiger partial charge on any atom is 0.251 e. The van der Waals surface area contributed by atoms with E-state index in [1.165, 1.54) is 0 Å². The molecule has 1 heterocycles. The van der Waals surface area contributed by atoms with Gasteiger partial charge >= 0.3 is 0 Å². The highest BCUT2D eigenvalue weighted by molar-refractivity contribution is 5.99. The van der Waals surface area contributed by atoms with Crippen molar-refractivity contribution >= 4 is 28.9 Å². The van der Waals surface area contributed by atoms with Crippen molar-refractivity contribution in [1.82, 2.24) is 0 Å². The van der Waals surface area contributed by atoms with Crippen LogP contribution in [-0.2, 0) is 9.59 Å². The van der Waals surface area contributed by atoms with Crippen molar-refractivity contribution in [2.45, 2.75) is 32.7 Å². The quantitative estimate of drug-likeness (QED) is 0.525. The third-order valence-electron chi connectivity index (χ3n) is 5.74. The van der Waals surface area contributed by atoms with E-state index in [0.717, 1.165) is 34.5 Å². The Labute approximate surface area is 194 Å². The monoisotopic (exact) mass is 443 g/mol. The zero-order valence-electron chi connectivity index (χ0n) is 19.2. The number of carbonyl (C=O) groups is 2. The first-order valence-corrected chi connectivity index (χ1v) is 11.1. The summed E-state index contributed by atoms with van der Waals surface area (Å²) in [5, 5.41) is 6.42. The van der Waals surface area contributed by atoms with Crippen molar-refractivity contribution in [2.24, 2.45) is 0 Å². The summed E-state index contributed by atoms with van der Waals surface area (Å²) in [6.07, 6.45) is 1.36. The highest BCUT2D eigenvalue weighted by atomic mass is 16.5. The first kappa shape index (κ1) is 22.4. The molecule has 0 spiro atoms. The van der Waals surface area contributed by atoms with Crippen molar-refractivity contribution in [3.8, 4) is 5.75 Å². The fourth-order valence-electron chi connectivity index (χ4n) is 4.27. The maximum atomic E-state index is 13.4. The molecule has 1 unspecified atom stereocenters. The number of aryl methyl sites for hydroxylation is 2. The molecule has 0 aromatic heterocycles. The van der Waals surface area contributed by atoms with Crippen LogP contribution in [-0.4, -0.2) is 25.5 Å². The standard InChI is InChI=1S/C27H29N3O3/c1-18-14-19(2)16-22(15-18)29-27(32)26(20-8-5-4-6-9-20)28-21-11-12-24(33-3)23(17-21)30-13-7-10-25(30)31/h4-6,8-9,11-12,14-17,26,28H,7,10,13H2,1-3H3,(H,29,32). The average molecular weight is 444 g/mol. The first-order valence-electron chi connectivity index (χ1n) is 11.1. The normalized spacial score (nSPS) is 14.2. The number of nitrogens with zero attached hydrogens (tertiary/aromatic N) is 1. The predicted octanol–water partition coefficient (Wildman–Crippen LogP) is 5.23. The fourth-order valence-corrected chi connectivity index (χ4v) is 4.27. The van der Waals surface area contributed by atoms with Crippen LogP contribution in [0.15, 0.2) is 66.7 Å². The van der Waals surface area contributed by atoms with E-state index in [0.29, 0.717) is 24.4 Å². The second kappa shape index (κ2) is 9.77. The molecule has 1 fully saturated rings. The van der Waals surface area contributed by atoms with Gasteiger partial charge in [0.15, 0.2) is 0 Å². The molecule has 1 atom stereocenters. The predicted molar refractivity (Wildman–Crippen MR) is 132 cm³/mol. The molecule has 0 saturated carbocycles. The molecule has 0 radical (unpaired) electrons. The van der Waals surface area contributed by atoms with Crippen molar-refractivity contribution < 1.29 is 14.3 Å². The average Bonchev–Trinajstić information content (AvgIpc) is 3.22. The van der Waals surface area contributed by atoms with Crippen LogP contribution in [0.1, 0.15) is 35.6 Å². The lowest BCUT2D eigenvalue weighted by molar-refractivity contribution is -0.117. The number of amides is 2. The lowest BCUT2D eigenvalue weighted by Gasteiger charge is -2.23. The van der Waals surface area contributed by atoms with Gasteiger partial charge in [0, 0.05) is 24.3 Å². The van der Waals surface area contributed by atoms with Crippen molar-refractivity contribution in [3.05, 3.63) is 83.4 Å². The van der Waals surface area contributed by atoms with Gasteiger partial charge in [-0.3, -0.25) is 9.59 Å². The minimum Gasteiger partial charge on any atom is -0.495 e. The lowest BCUT2D eigenvalue weighted by atomic mass is 10.0. The number of carbonyl (C=O) groups excluding carboxylic acids is 2. The number of benzene rings is 3. The van der Waals surface area contributed by atoms with Gasteiger partial charge in [-0.25, -0.2) is 0 Å². The first-order chi connectivity index (χ1) is 15.9. The van der Waals surface area contributed by atoms with Crippen LogP contribution in [0.3, 0.4) is 0 Å². The molecule has 1 aliphatic heterocycles. The number of anilines is 3. The van der Waals surface area contributed by atoms with Crippen LogP contribution in [0.25, 0.3) is 0 Å². The molecule has 170 valence electrons. The number of methoxy groups -OCH3 is 1. The summed E-state index contributed by atoms with van der Waals surface area (Å²) in [5.41, 5.74) is 5.22. The van der Waals surface area contributed by atoms with Crippen LogP contribution >= 0.6 is 0 Å². The topological polar surface area (TPSA) is 70.7 Å². The molecule has 3 aromatic carbocycles. The van der Waals surface area contributed by atoms with Gasteiger partial charge in [-0.05, 0) is 67.3 Å². The number of rotatable bonds is 7. The summed E-state index contributed by atoms with van der Waals surface area (Å²) in [6.45, 7) is 4.68. The third-order valence-corrected chi connectivity index (χ3v) is 5.74. The van der Waals surface area contributed by atoms with Crippen molar-refractivity contribution in [3.63, 3.8) is 0 Å². The summed E-state index contributed by atoms with van der Waals surface area (Å²) in [5.74, 6) is 0.546. The van der Waals surface area contributed by atoms with E-state index in [4.69, 9.17) is 4.74 Å². The van der Waals surface area contributed by atoms with E-state index in [1.54, 1.807) is 12.0 Å². The molecule has 1 aliphatic rings. The van der Waals surface area contributed by atoms with Crippen LogP contribution in [0.5, 0.6) is 5.75 Å². The van der Waals surface area contributed by atoms with Gasteiger partial charge in [0.1, 0.15) is 11.8 Å². The molecule has 2 N–H and O–H groups in total. The zero-order valence-corrected chi connectivity index (χ0v) is 19.2. The molecule has 1 saturated heterocycles. The second-order valence-corrected chi connectivity index (χ2v) is 8.39. The third kappa shape index (κ3) is 5.17. The van der Waals surface area contributed by atoms with E-state index < -0.39 is 6.04 Å². The van der Waals surface area contributed by atoms with Crippen molar-refractivity contribution in [2.75, 3.05) is 29.2 Å². The Morgan fingerprint density at radius 2 is 1.70 bits per heavy atom. The molecular weight excluding hydrogens is 414 g/mol. The molecule has 6 heteroatoms. The highest BCUT2D eigenvalue weighted by Crippen LogP contribution is 2.35. The molecule has 3 aromatic rings. The highest BCUT2D eigenvalue weighted by Gasteiger charge is 2.26. The molecule has 2 amide bonds. The van der Waals surface area contributed by atoms with Gasteiger partial charge in [0.05, 0.1) is 12.8 Å². The van der Waals surface area contributed by atoms with Gasteiger partial charge in [-0.15, -0.1) is 0 Å². The number of hydrogen-bond donors (Lipinski definition) is 2. The number of nitrogens with one attached hydrogen (secondary N) is 2. The Hall–Kier alpha value is -3.80. The maximum absolute atomic E-state index is 13.4. The molecule has 0 aliphatic carbocycles. The Kier molecular flexibility index (Phi) is 6.63. The molecule has 33 heavy (non-hydrogen) atoms. The van der Waals surface area contributed by atoms with E-state index in [-0.39, 0.29) is 11.8 Å². The van der Waals surface area contributed by atoms with E-state index in [1.807, 2.05) is 74.5 Å². The zero-order chi connectivity index (χ0) is 23.4.